The molecule has 0 fully saturated rings. The molecule has 1 atom stereocenters. The molecule has 0 aliphatic carbocycles. The van der Waals surface area contributed by atoms with Gasteiger partial charge in [0.15, 0.2) is 0 Å². The van der Waals surface area contributed by atoms with Gasteiger partial charge in [-0.3, -0.25) is 0 Å². The molecule has 18 heavy (non-hydrogen) atoms. The van der Waals surface area contributed by atoms with Crippen LogP contribution in [-0.4, -0.2) is 0 Å². The fourth-order valence-corrected chi connectivity index (χ4v) is 2.37. The number of hydrogen-bond acceptors (Lipinski definition) is 1. The molecule has 1 nitrogen and oxygen atoms in total. The SMILES string of the molecule is Cc1ccccc1CC(N)c1cccc(Br)c1F. The third-order valence-corrected chi connectivity index (χ3v) is 3.69. The molecule has 2 N–H and O–H groups in total. The van der Waals surface area contributed by atoms with Crippen LogP contribution in [0.1, 0.15) is 22.7 Å². The maximum Gasteiger partial charge on any atom is 0.142 e. The van der Waals surface area contributed by atoms with Crippen molar-refractivity contribution in [1.29, 1.82) is 0 Å². The first-order valence-corrected chi connectivity index (χ1v) is 6.63. The Balaban J connectivity index is 2.25. The van der Waals surface area contributed by atoms with Gasteiger partial charge in [0.2, 0.25) is 0 Å². The van der Waals surface area contributed by atoms with Crippen LogP contribution in [0.2, 0.25) is 0 Å². The average molecular weight is 308 g/mol. The molecule has 0 aromatic heterocycles. The molecule has 0 saturated carbocycles. The fourth-order valence-electron chi connectivity index (χ4n) is 1.99. The van der Waals surface area contributed by atoms with E-state index < -0.39 is 0 Å². The first-order chi connectivity index (χ1) is 8.59. The minimum absolute atomic E-state index is 0.265. The van der Waals surface area contributed by atoms with Crippen molar-refractivity contribution in [3.05, 3.63) is 69.4 Å². The number of hydrogen-bond donors (Lipinski definition) is 1. The molecule has 0 spiro atoms. The summed E-state index contributed by atoms with van der Waals surface area (Å²) in [6.07, 6.45) is 0.639. The highest BCUT2D eigenvalue weighted by Crippen LogP contribution is 2.25. The van der Waals surface area contributed by atoms with Crippen molar-refractivity contribution in [1.82, 2.24) is 0 Å². The van der Waals surface area contributed by atoms with E-state index in [1.165, 1.54) is 5.56 Å². The summed E-state index contributed by atoms with van der Waals surface area (Å²) < 4.78 is 14.4. The van der Waals surface area contributed by atoms with E-state index in [0.717, 1.165) is 5.56 Å². The molecule has 0 amide bonds. The summed E-state index contributed by atoms with van der Waals surface area (Å²) >= 11 is 3.18. The van der Waals surface area contributed by atoms with Gasteiger partial charge in [-0.05, 0) is 46.5 Å². The van der Waals surface area contributed by atoms with Gasteiger partial charge in [0.1, 0.15) is 5.82 Å². The van der Waals surface area contributed by atoms with E-state index in [1.54, 1.807) is 18.2 Å². The van der Waals surface area contributed by atoms with Gasteiger partial charge >= 0.3 is 0 Å². The predicted molar refractivity (Wildman–Crippen MR) is 75.9 cm³/mol. The molecule has 94 valence electrons. The molecule has 0 saturated heterocycles. The van der Waals surface area contributed by atoms with Gasteiger partial charge in [0.25, 0.3) is 0 Å². The maximum atomic E-state index is 13.9. The molecule has 3 heteroatoms. The summed E-state index contributed by atoms with van der Waals surface area (Å²) in [5.74, 6) is -0.265. The number of nitrogens with two attached hydrogens (primary N) is 1. The van der Waals surface area contributed by atoms with Crippen LogP contribution in [0.25, 0.3) is 0 Å². The van der Waals surface area contributed by atoms with Crippen LogP contribution in [0.5, 0.6) is 0 Å². The van der Waals surface area contributed by atoms with E-state index in [9.17, 15) is 4.39 Å². The highest BCUT2D eigenvalue weighted by molar-refractivity contribution is 9.10. The minimum atomic E-state index is -0.330. The highest BCUT2D eigenvalue weighted by atomic mass is 79.9. The Labute approximate surface area is 115 Å². The van der Waals surface area contributed by atoms with E-state index in [4.69, 9.17) is 5.73 Å². The zero-order valence-corrected chi connectivity index (χ0v) is 11.7. The quantitative estimate of drug-likeness (QED) is 0.906. The number of benzene rings is 2. The molecule has 0 aliphatic heterocycles. The van der Waals surface area contributed by atoms with Crippen LogP contribution in [0.3, 0.4) is 0 Å². The summed E-state index contributed by atoms with van der Waals surface area (Å²) in [6.45, 7) is 2.04. The molecule has 2 aromatic carbocycles. The van der Waals surface area contributed by atoms with Crippen molar-refractivity contribution < 1.29 is 4.39 Å². The predicted octanol–water partition coefficient (Wildman–Crippen LogP) is 4.14. The van der Waals surface area contributed by atoms with Crippen molar-refractivity contribution in [2.75, 3.05) is 0 Å². The second-order valence-electron chi connectivity index (χ2n) is 4.38. The van der Waals surface area contributed by atoms with Crippen LogP contribution < -0.4 is 5.73 Å². The summed E-state index contributed by atoms with van der Waals surface area (Å²) in [4.78, 5) is 0. The minimum Gasteiger partial charge on any atom is -0.324 e. The molecule has 0 radical (unpaired) electrons. The van der Waals surface area contributed by atoms with Crippen molar-refractivity contribution in [2.24, 2.45) is 5.73 Å². The van der Waals surface area contributed by atoms with E-state index in [0.29, 0.717) is 16.5 Å². The Morgan fingerprint density at radius 1 is 1.17 bits per heavy atom. The normalized spacial score (nSPS) is 12.4. The van der Waals surface area contributed by atoms with Crippen LogP contribution in [0, 0.1) is 12.7 Å². The van der Waals surface area contributed by atoms with Crippen molar-refractivity contribution >= 4 is 15.9 Å². The van der Waals surface area contributed by atoms with Crippen molar-refractivity contribution in [3.8, 4) is 0 Å². The maximum absolute atomic E-state index is 13.9. The summed E-state index contributed by atoms with van der Waals surface area (Å²) in [5, 5.41) is 0. The number of halogens is 2. The lowest BCUT2D eigenvalue weighted by molar-refractivity contribution is 0.574. The molecular formula is C15H15BrFN. The third kappa shape index (κ3) is 2.79. The largest absolute Gasteiger partial charge is 0.324 e. The lowest BCUT2D eigenvalue weighted by Crippen LogP contribution is -2.15. The van der Waals surface area contributed by atoms with Gasteiger partial charge in [0, 0.05) is 11.6 Å². The Morgan fingerprint density at radius 2 is 1.89 bits per heavy atom. The summed E-state index contributed by atoms with van der Waals surface area (Å²) in [5.41, 5.74) is 8.99. The van der Waals surface area contributed by atoms with Gasteiger partial charge in [-0.15, -0.1) is 0 Å². The van der Waals surface area contributed by atoms with Crippen molar-refractivity contribution in [3.63, 3.8) is 0 Å². The van der Waals surface area contributed by atoms with Crippen LogP contribution >= 0.6 is 15.9 Å². The molecule has 0 heterocycles. The molecular weight excluding hydrogens is 293 g/mol. The Hall–Kier alpha value is -1.19. The molecule has 2 aromatic rings. The second kappa shape index (κ2) is 5.63. The fraction of sp³-hybridized carbons (Fsp3) is 0.200. The first kappa shape index (κ1) is 13.2. The zero-order valence-electron chi connectivity index (χ0n) is 10.2. The molecule has 0 aliphatic rings. The monoisotopic (exact) mass is 307 g/mol. The third-order valence-electron chi connectivity index (χ3n) is 3.08. The molecule has 2 rings (SSSR count). The summed E-state index contributed by atoms with van der Waals surface area (Å²) in [7, 11) is 0. The van der Waals surface area contributed by atoms with Gasteiger partial charge in [-0.1, -0.05) is 36.4 Å². The van der Waals surface area contributed by atoms with E-state index in [2.05, 4.69) is 15.9 Å². The van der Waals surface area contributed by atoms with E-state index in [1.807, 2.05) is 31.2 Å². The second-order valence-corrected chi connectivity index (χ2v) is 5.23. The van der Waals surface area contributed by atoms with Gasteiger partial charge in [-0.2, -0.15) is 0 Å². The van der Waals surface area contributed by atoms with Crippen molar-refractivity contribution in [2.45, 2.75) is 19.4 Å². The van der Waals surface area contributed by atoms with E-state index >= 15 is 0 Å². The first-order valence-electron chi connectivity index (χ1n) is 5.83. The lowest BCUT2D eigenvalue weighted by atomic mass is 9.96. The highest BCUT2D eigenvalue weighted by Gasteiger charge is 2.14. The van der Waals surface area contributed by atoms with Crippen LogP contribution in [-0.2, 0) is 6.42 Å². The Kier molecular flexibility index (Phi) is 4.15. The Morgan fingerprint density at radius 3 is 2.61 bits per heavy atom. The Bertz CT molecular complexity index is 554. The van der Waals surface area contributed by atoms with Gasteiger partial charge in [-0.25, -0.2) is 4.39 Å². The summed E-state index contributed by atoms with van der Waals surface area (Å²) in [6, 6.07) is 12.9. The van der Waals surface area contributed by atoms with Crippen LogP contribution in [0.4, 0.5) is 4.39 Å². The van der Waals surface area contributed by atoms with Crippen LogP contribution in [0.15, 0.2) is 46.9 Å². The number of rotatable bonds is 3. The number of aryl methyl sites for hydroxylation is 1. The standard InChI is InChI=1S/C15H15BrFN/c1-10-5-2-3-6-11(10)9-14(18)12-7-4-8-13(16)15(12)17/h2-8,14H,9,18H2,1H3. The van der Waals surface area contributed by atoms with Gasteiger partial charge in [0.05, 0.1) is 4.47 Å². The smallest absolute Gasteiger partial charge is 0.142 e. The molecule has 0 bridgehead atoms. The lowest BCUT2D eigenvalue weighted by Gasteiger charge is -2.15. The zero-order chi connectivity index (χ0) is 13.1. The molecule has 1 unspecified atom stereocenters. The average Bonchev–Trinajstić information content (AvgIpc) is 2.35. The topological polar surface area (TPSA) is 26.0 Å². The van der Waals surface area contributed by atoms with Gasteiger partial charge < -0.3 is 5.73 Å². The van der Waals surface area contributed by atoms with E-state index in [-0.39, 0.29) is 11.9 Å².